The predicted octanol–water partition coefficient (Wildman–Crippen LogP) is 16.5. The maximum Gasteiger partial charge on any atom is 0.164 e. The van der Waals surface area contributed by atoms with Gasteiger partial charge in [-0.15, -0.1) is 0 Å². The van der Waals surface area contributed by atoms with Crippen LogP contribution in [0.25, 0.3) is 111 Å². The van der Waals surface area contributed by atoms with Gasteiger partial charge in [0, 0.05) is 22.1 Å². The Morgan fingerprint density at radius 3 is 1.10 bits per heavy atom. The van der Waals surface area contributed by atoms with Crippen LogP contribution in [-0.4, -0.2) is 15.0 Å². The molecular formula is C65H47N3. The summed E-state index contributed by atoms with van der Waals surface area (Å²) in [7, 11) is 0. The van der Waals surface area contributed by atoms with E-state index in [1.54, 1.807) is 11.1 Å². The zero-order valence-electron chi connectivity index (χ0n) is 37.7. The minimum absolute atomic E-state index is 0.0587. The second-order valence-corrected chi connectivity index (χ2v) is 20.3. The summed E-state index contributed by atoms with van der Waals surface area (Å²) in [6.07, 6.45) is 6.74. The third-order valence-electron chi connectivity index (χ3n) is 16.9. The SMILES string of the molecule is c1ccc(-c2ccc(-c3nc(-c4ccc(-c5ccccc5)cc4)nc(-c4ccc5c6c(c7ccccc7c5c4)-c4c(c5ccccc5c5ccccc45)C64C5CC6CC(C5)CC4C6)n3)cc2)cc1. The molecule has 3 nitrogen and oxygen atoms in total. The fourth-order valence-electron chi connectivity index (χ4n) is 14.4. The van der Waals surface area contributed by atoms with Crippen LogP contribution in [0.5, 0.6) is 0 Å². The molecule has 1 aromatic heterocycles. The Balaban J connectivity index is 0.970. The molecule has 16 rings (SSSR count). The number of hydrogen-bond donors (Lipinski definition) is 0. The van der Waals surface area contributed by atoms with Crippen molar-refractivity contribution in [3.05, 3.63) is 211 Å². The van der Waals surface area contributed by atoms with E-state index in [2.05, 4.69) is 200 Å². The van der Waals surface area contributed by atoms with E-state index in [-0.39, 0.29) is 5.41 Å². The van der Waals surface area contributed by atoms with E-state index in [0.29, 0.717) is 29.3 Å². The summed E-state index contributed by atoms with van der Waals surface area (Å²) in [6, 6.07) is 73.5. The molecule has 4 fully saturated rings. The van der Waals surface area contributed by atoms with Gasteiger partial charge in [-0.05, 0) is 149 Å². The van der Waals surface area contributed by atoms with Crippen LogP contribution in [0.2, 0.25) is 0 Å². The van der Waals surface area contributed by atoms with E-state index in [1.807, 2.05) is 0 Å². The molecule has 5 aliphatic carbocycles. The molecule has 4 bridgehead atoms. The van der Waals surface area contributed by atoms with Crippen molar-refractivity contribution in [1.82, 2.24) is 15.0 Å². The summed E-state index contributed by atoms with van der Waals surface area (Å²) >= 11 is 0. The monoisotopic (exact) mass is 869 g/mol. The van der Waals surface area contributed by atoms with Crippen LogP contribution in [0.15, 0.2) is 200 Å². The minimum Gasteiger partial charge on any atom is -0.208 e. The quantitative estimate of drug-likeness (QED) is 0.162. The van der Waals surface area contributed by atoms with Crippen LogP contribution >= 0.6 is 0 Å². The third-order valence-corrected chi connectivity index (χ3v) is 16.9. The van der Waals surface area contributed by atoms with Crippen LogP contribution in [0.4, 0.5) is 0 Å². The van der Waals surface area contributed by atoms with Crippen molar-refractivity contribution >= 4 is 43.1 Å². The van der Waals surface area contributed by atoms with Gasteiger partial charge in [0.05, 0.1) is 0 Å². The summed E-state index contributed by atoms with van der Waals surface area (Å²) in [6.45, 7) is 0. The first-order valence-corrected chi connectivity index (χ1v) is 24.7. The highest BCUT2D eigenvalue weighted by Gasteiger charge is 2.63. The molecular weight excluding hydrogens is 823 g/mol. The van der Waals surface area contributed by atoms with Gasteiger partial charge in [-0.25, -0.2) is 15.0 Å². The zero-order valence-corrected chi connectivity index (χ0v) is 37.7. The lowest BCUT2D eigenvalue weighted by molar-refractivity contribution is -0.0387. The van der Waals surface area contributed by atoms with Crippen molar-refractivity contribution in [2.75, 3.05) is 0 Å². The standard InChI is InChI=1S/C65H47N3/c1-3-13-41(14-4-1)43-23-27-45(28-24-43)62-66-63(46-29-25-44(26-30-46)42-15-5-2-6-16-42)68-64(67-62)47-31-32-56-57(38-47)52-19-8-11-21-54(52)59-58-53-20-10-7-17-50(53)51-18-9-12-22-55(51)60(58)65(61(56)59)48-34-39-33-40(36-48)37-49(65)35-39/h1-32,38-40,48-49H,33-37H2. The van der Waals surface area contributed by atoms with Gasteiger partial charge in [0.1, 0.15) is 0 Å². The lowest BCUT2D eigenvalue weighted by Gasteiger charge is -2.61. The van der Waals surface area contributed by atoms with E-state index in [1.165, 1.54) is 97.4 Å². The molecule has 0 amide bonds. The lowest BCUT2D eigenvalue weighted by Crippen LogP contribution is -2.55. The van der Waals surface area contributed by atoms with Gasteiger partial charge >= 0.3 is 0 Å². The molecule has 1 spiro atoms. The Kier molecular flexibility index (Phi) is 8.25. The largest absolute Gasteiger partial charge is 0.208 e. The number of benzene rings is 10. The first kappa shape index (κ1) is 38.4. The van der Waals surface area contributed by atoms with Crippen molar-refractivity contribution in [2.24, 2.45) is 23.7 Å². The molecule has 0 N–H and O–H groups in total. The van der Waals surface area contributed by atoms with Crippen LogP contribution in [-0.2, 0) is 5.41 Å². The molecule has 5 aliphatic rings. The minimum atomic E-state index is -0.0587. The number of fused-ring (bicyclic) bond motifs is 13. The molecule has 322 valence electrons. The lowest BCUT2D eigenvalue weighted by atomic mass is 9.42. The summed E-state index contributed by atoms with van der Waals surface area (Å²) < 4.78 is 0. The van der Waals surface area contributed by atoms with Crippen molar-refractivity contribution in [3.63, 3.8) is 0 Å². The zero-order chi connectivity index (χ0) is 44.5. The van der Waals surface area contributed by atoms with Crippen LogP contribution in [0, 0.1) is 23.7 Å². The molecule has 4 saturated carbocycles. The molecule has 0 atom stereocenters. The Morgan fingerprint density at radius 1 is 0.279 bits per heavy atom. The molecule has 0 unspecified atom stereocenters. The van der Waals surface area contributed by atoms with E-state index in [4.69, 9.17) is 15.0 Å². The topological polar surface area (TPSA) is 38.7 Å². The highest BCUT2D eigenvalue weighted by molar-refractivity contribution is 6.26. The van der Waals surface area contributed by atoms with Crippen molar-refractivity contribution < 1.29 is 0 Å². The first-order valence-electron chi connectivity index (χ1n) is 24.7. The predicted molar refractivity (Wildman–Crippen MR) is 280 cm³/mol. The van der Waals surface area contributed by atoms with Crippen molar-refractivity contribution in [1.29, 1.82) is 0 Å². The molecule has 11 aromatic rings. The molecule has 0 aliphatic heterocycles. The van der Waals surface area contributed by atoms with Crippen LogP contribution in [0.1, 0.15) is 43.2 Å². The second-order valence-electron chi connectivity index (χ2n) is 20.3. The summed E-state index contributed by atoms with van der Waals surface area (Å²) in [5.41, 5.74) is 13.7. The smallest absolute Gasteiger partial charge is 0.164 e. The van der Waals surface area contributed by atoms with Crippen LogP contribution in [0.3, 0.4) is 0 Å². The number of rotatable bonds is 5. The Bertz CT molecular complexity index is 3710. The number of hydrogen-bond acceptors (Lipinski definition) is 3. The van der Waals surface area contributed by atoms with Crippen molar-refractivity contribution in [3.8, 4) is 67.5 Å². The maximum absolute atomic E-state index is 5.35. The molecule has 10 aromatic carbocycles. The summed E-state index contributed by atoms with van der Waals surface area (Å²) in [5, 5.41) is 10.9. The Morgan fingerprint density at radius 2 is 0.618 bits per heavy atom. The highest BCUT2D eigenvalue weighted by Crippen LogP contribution is 2.72. The van der Waals surface area contributed by atoms with E-state index in [9.17, 15) is 0 Å². The molecule has 0 saturated heterocycles. The summed E-state index contributed by atoms with van der Waals surface area (Å²) in [4.78, 5) is 15.9. The van der Waals surface area contributed by atoms with E-state index >= 15 is 0 Å². The number of nitrogens with zero attached hydrogens (tertiary/aromatic N) is 3. The Labute approximate surface area is 396 Å². The van der Waals surface area contributed by atoms with E-state index in [0.717, 1.165) is 39.7 Å². The van der Waals surface area contributed by atoms with Gasteiger partial charge in [-0.1, -0.05) is 194 Å². The number of aromatic nitrogens is 3. The van der Waals surface area contributed by atoms with Crippen LogP contribution < -0.4 is 0 Å². The average molecular weight is 870 g/mol. The third kappa shape index (κ3) is 5.50. The Hall–Kier alpha value is -7.75. The maximum atomic E-state index is 5.35. The van der Waals surface area contributed by atoms with Gasteiger partial charge in [0.15, 0.2) is 17.5 Å². The fourth-order valence-corrected chi connectivity index (χ4v) is 14.4. The average Bonchev–Trinajstić information content (AvgIpc) is 3.73. The van der Waals surface area contributed by atoms with Gasteiger partial charge in [-0.2, -0.15) is 0 Å². The normalized spacial score (nSPS) is 21.0. The molecule has 3 heteroatoms. The van der Waals surface area contributed by atoms with Gasteiger partial charge < -0.3 is 0 Å². The second kappa shape index (κ2) is 14.6. The summed E-state index contributed by atoms with van der Waals surface area (Å²) in [5.74, 6) is 4.93. The van der Waals surface area contributed by atoms with Crippen molar-refractivity contribution in [2.45, 2.75) is 37.5 Å². The van der Waals surface area contributed by atoms with Gasteiger partial charge in [-0.3, -0.25) is 0 Å². The molecule has 0 radical (unpaired) electrons. The van der Waals surface area contributed by atoms with Gasteiger partial charge in [0.2, 0.25) is 0 Å². The first-order chi connectivity index (χ1) is 33.7. The van der Waals surface area contributed by atoms with E-state index < -0.39 is 0 Å². The van der Waals surface area contributed by atoms with Gasteiger partial charge in [0.25, 0.3) is 0 Å². The molecule has 68 heavy (non-hydrogen) atoms. The highest BCUT2D eigenvalue weighted by atomic mass is 15.0. The fraction of sp³-hybridized carbons (Fsp3) is 0.154. The molecule has 1 heterocycles.